The second kappa shape index (κ2) is 26.6. The second-order valence-electron chi connectivity index (χ2n) is 19.2. The highest BCUT2D eigenvalue weighted by Crippen LogP contribution is 2.42. The summed E-state index contributed by atoms with van der Waals surface area (Å²) in [5.74, 6) is -0.351. The minimum Gasteiger partial charge on any atom is -0.467 e. The molecular formula is C54H74N8O7. The molecule has 5 unspecified atom stereocenters. The Bertz CT molecular complexity index is 2390. The minimum atomic E-state index is -0.733. The van der Waals surface area contributed by atoms with E-state index in [0.29, 0.717) is 32.1 Å². The van der Waals surface area contributed by atoms with E-state index in [9.17, 15) is 19.2 Å². The number of likely N-dealkylation sites (N-methyl/N-ethyl adjacent to an activating group) is 1. The zero-order valence-corrected chi connectivity index (χ0v) is 42.4. The first-order valence-electron chi connectivity index (χ1n) is 23.9. The van der Waals surface area contributed by atoms with Crippen LogP contribution in [0.25, 0.3) is 33.3 Å². The number of fused-ring (bicyclic) bond motifs is 1. The maximum Gasteiger partial charge on any atom is 0.293 e. The molecule has 15 heteroatoms. The topological polar surface area (TPSA) is 179 Å². The quantitative estimate of drug-likeness (QED) is 0.0740. The Labute approximate surface area is 409 Å². The molecule has 0 spiro atoms. The average Bonchev–Trinajstić information content (AvgIpc) is 3.88. The van der Waals surface area contributed by atoms with Gasteiger partial charge in [0.2, 0.25) is 5.91 Å². The number of methoxy groups -OCH3 is 1. The number of hydrogen-bond donors (Lipinski definition) is 2. The summed E-state index contributed by atoms with van der Waals surface area (Å²) in [6.45, 7) is 19.9. The Morgan fingerprint density at radius 2 is 1.78 bits per heavy atom. The van der Waals surface area contributed by atoms with Crippen molar-refractivity contribution in [2.45, 2.75) is 92.0 Å². The average molecular weight is 947 g/mol. The van der Waals surface area contributed by atoms with Gasteiger partial charge in [-0.2, -0.15) is 5.26 Å². The Balaban J connectivity index is 0.000000638. The van der Waals surface area contributed by atoms with Crippen molar-refractivity contribution >= 4 is 41.8 Å². The molecule has 2 saturated heterocycles. The van der Waals surface area contributed by atoms with Crippen molar-refractivity contribution in [2.24, 2.45) is 23.2 Å². The van der Waals surface area contributed by atoms with Crippen LogP contribution in [-0.4, -0.2) is 128 Å². The monoisotopic (exact) mass is 947 g/mol. The van der Waals surface area contributed by atoms with E-state index >= 15 is 0 Å². The summed E-state index contributed by atoms with van der Waals surface area (Å²) in [5, 5.41) is 14.5. The number of rotatable bonds is 19. The van der Waals surface area contributed by atoms with Crippen molar-refractivity contribution < 1.29 is 33.4 Å². The van der Waals surface area contributed by atoms with Crippen LogP contribution in [0.1, 0.15) is 77.3 Å². The van der Waals surface area contributed by atoms with Gasteiger partial charge in [0.05, 0.1) is 42.1 Å². The number of amides is 2. The zero-order chi connectivity index (χ0) is 50.8. The molecular weight excluding hydrogens is 873 g/mol. The van der Waals surface area contributed by atoms with E-state index in [-0.39, 0.29) is 53.7 Å². The number of carbonyl (C=O) groups excluding carboxylic acids is 5. The van der Waals surface area contributed by atoms with Crippen molar-refractivity contribution in [1.29, 1.82) is 5.26 Å². The molecule has 15 nitrogen and oxygen atoms in total. The van der Waals surface area contributed by atoms with Gasteiger partial charge in [-0.3, -0.25) is 34.1 Å². The highest BCUT2D eigenvalue weighted by atomic mass is 16.5. The number of nitrogens with zero attached hydrogens (tertiary/aromatic N) is 6. The van der Waals surface area contributed by atoms with E-state index in [4.69, 9.17) is 24.5 Å². The fourth-order valence-corrected chi connectivity index (χ4v) is 9.34. The number of pyridine rings is 1. The summed E-state index contributed by atoms with van der Waals surface area (Å²) in [6, 6.07) is 19.9. The normalized spacial score (nSPS) is 17.3. The van der Waals surface area contributed by atoms with Crippen LogP contribution >= 0.6 is 0 Å². The highest BCUT2D eigenvalue weighted by Gasteiger charge is 2.33. The fraction of sp³-hybridized carbons (Fsp3) is 0.500. The standard InChI is InChI=1S/C44H60N6O5.C7H10N2O.C3H4O/c1-10-49-38-19-18-33(25-35(38)36(26-44(5,6)27-55-28-51)41(49)34-17-14-20-45-39(34)30(4)54-9)32-16-13-15-31(23-32)24-37(43(53)50-22-12-11-21-46-50)47-42(52)40(29(2)3)48(7)8;1-9-3-6(2-8)7(4-9)5-10;1-2-3-4/h13-20,23,25,28-30,37,40,46H,10-12,21-22,24,26-27H2,1-9H3,(H,47,52);5-7H,3-4H2,1H3;2-3H,1H2. The van der Waals surface area contributed by atoms with Crippen molar-refractivity contribution in [3.8, 4) is 28.5 Å². The first kappa shape index (κ1) is 55.5. The molecule has 372 valence electrons. The number of aromatic nitrogens is 2. The molecule has 69 heavy (non-hydrogen) atoms. The lowest BCUT2D eigenvalue weighted by atomic mass is 9.84. The van der Waals surface area contributed by atoms with Crippen LogP contribution in [0.5, 0.6) is 0 Å². The molecule has 2 aromatic heterocycles. The van der Waals surface area contributed by atoms with Crippen molar-refractivity contribution in [3.63, 3.8) is 0 Å². The molecule has 4 heterocycles. The molecule has 0 aliphatic carbocycles. The molecule has 2 aromatic carbocycles. The number of nitrogens with one attached hydrogen (secondary N) is 2. The van der Waals surface area contributed by atoms with E-state index in [1.165, 1.54) is 6.08 Å². The third kappa shape index (κ3) is 14.7. The molecule has 5 atom stereocenters. The summed E-state index contributed by atoms with van der Waals surface area (Å²) in [7, 11) is 7.41. The van der Waals surface area contributed by atoms with Crippen LogP contribution in [0.3, 0.4) is 0 Å². The maximum atomic E-state index is 14.0. The lowest BCUT2D eigenvalue weighted by molar-refractivity contribution is -0.141. The number of carbonyl (C=O) groups is 5. The van der Waals surface area contributed by atoms with Gasteiger partial charge in [-0.05, 0) is 113 Å². The van der Waals surface area contributed by atoms with E-state index < -0.39 is 6.04 Å². The van der Waals surface area contributed by atoms with Crippen LogP contribution in [0, 0.1) is 34.5 Å². The molecule has 0 radical (unpaired) electrons. The van der Waals surface area contributed by atoms with Crippen molar-refractivity contribution in [3.05, 3.63) is 90.3 Å². The summed E-state index contributed by atoms with van der Waals surface area (Å²) in [6.07, 6.45) is 7.23. The lowest BCUT2D eigenvalue weighted by Crippen LogP contribution is -2.58. The number of hydrazine groups is 1. The molecule has 6 rings (SSSR count). The summed E-state index contributed by atoms with van der Waals surface area (Å²) in [5.41, 5.74) is 11.1. The summed E-state index contributed by atoms with van der Waals surface area (Å²) < 4.78 is 13.4. The van der Waals surface area contributed by atoms with Gasteiger partial charge >= 0.3 is 0 Å². The van der Waals surface area contributed by atoms with E-state index in [0.717, 1.165) is 95.4 Å². The lowest BCUT2D eigenvalue weighted by Gasteiger charge is -2.33. The van der Waals surface area contributed by atoms with Gasteiger partial charge in [-0.15, -0.1) is 0 Å². The van der Waals surface area contributed by atoms with Crippen LogP contribution in [0.4, 0.5) is 0 Å². The Morgan fingerprint density at radius 3 is 2.36 bits per heavy atom. The smallest absolute Gasteiger partial charge is 0.293 e. The molecule has 2 amide bonds. The molecule has 0 bridgehead atoms. The number of allylic oxidation sites excluding steroid dienone is 1. The Morgan fingerprint density at radius 1 is 1.06 bits per heavy atom. The Hall–Kier alpha value is -6.05. The van der Waals surface area contributed by atoms with Gasteiger partial charge in [0.15, 0.2) is 0 Å². The van der Waals surface area contributed by atoms with Crippen molar-refractivity contribution in [2.75, 3.05) is 61.0 Å². The number of aldehydes is 2. The van der Waals surface area contributed by atoms with Crippen LogP contribution in [0.15, 0.2) is 73.4 Å². The SMILES string of the molecule is C=CC=O.CCn1c(-c2cccnc2C(C)OC)c(CC(C)(C)COC=O)c2cc(-c3cccc(CC(NC(=O)C(C(C)C)N(C)C)C(=O)N4CCCCN4)c3)ccc21.CN1CC(C#N)C(C=O)C1. The van der Waals surface area contributed by atoms with Crippen LogP contribution in [0.2, 0.25) is 0 Å². The van der Waals surface area contributed by atoms with Gasteiger partial charge < -0.3 is 29.1 Å². The van der Waals surface area contributed by atoms with Crippen LogP contribution in [-0.2, 0) is 52.8 Å². The molecule has 2 aliphatic rings. The number of hydrogen-bond acceptors (Lipinski definition) is 12. The van der Waals surface area contributed by atoms with Gasteiger partial charge in [0.25, 0.3) is 12.4 Å². The first-order chi connectivity index (χ1) is 33.0. The highest BCUT2D eigenvalue weighted by molar-refractivity contribution is 5.95. The largest absolute Gasteiger partial charge is 0.467 e. The zero-order valence-electron chi connectivity index (χ0n) is 42.4. The molecule has 0 saturated carbocycles. The van der Waals surface area contributed by atoms with Gasteiger partial charge in [0, 0.05) is 80.3 Å². The number of ether oxygens (including phenoxy) is 2. The maximum absolute atomic E-state index is 14.0. The third-order valence-corrected chi connectivity index (χ3v) is 12.6. The predicted molar refractivity (Wildman–Crippen MR) is 271 cm³/mol. The predicted octanol–water partition coefficient (Wildman–Crippen LogP) is 6.84. The van der Waals surface area contributed by atoms with Crippen LogP contribution < -0.4 is 10.7 Å². The number of nitriles is 1. The van der Waals surface area contributed by atoms with Gasteiger partial charge in [-0.1, -0.05) is 64.6 Å². The fourth-order valence-electron chi connectivity index (χ4n) is 9.34. The molecule has 2 aliphatic heterocycles. The molecule has 2 N–H and O–H groups in total. The molecule has 2 fully saturated rings. The van der Waals surface area contributed by atoms with Crippen molar-refractivity contribution in [1.82, 2.24) is 35.1 Å². The van der Waals surface area contributed by atoms with E-state index in [2.05, 4.69) is 85.1 Å². The minimum absolute atomic E-state index is 0.0602. The summed E-state index contributed by atoms with van der Waals surface area (Å²) >= 11 is 0. The number of likely N-dealkylation sites (tertiary alicyclic amines) is 1. The second-order valence-corrected chi connectivity index (χ2v) is 19.2. The van der Waals surface area contributed by atoms with E-state index in [1.807, 2.05) is 69.9 Å². The Kier molecular flexibility index (Phi) is 21.4. The van der Waals surface area contributed by atoms with E-state index in [1.54, 1.807) is 18.3 Å². The molecule has 4 aromatic rings. The van der Waals surface area contributed by atoms with Gasteiger partial charge in [-0.25, -0.2) is 5.43 Å². The van der Waals surface area contributed by atoms with Gasteiger partial charge in [0.1, 0.15) is 18.6 Å². The number of benzene rings is 2. The summed E-state index contributed by atoms with van der Waals surface area (Å²) in [4.78, 5) is 67.0. The third-order valence-electron chi connectivity index (χ3n) is 12.6. The first-order valence-corrected chi connectivity index (χ1v) is 23.9. The number of aryl methyl sites for hydroxylation is 1.